The van der Waals surface area contributed by atoms with E-state index in [1.807, 2.05) is 6.07 Å². The molecule has 2 aliphatic rings. The summed E-state index contributed by atoms with van der Waals surface area (Å²) in [6, 6.07) is 11.6. The molecule has 1 saturated heterocycles. The lowest BCUT2D eigenvalue weighted by Crippen LogP contribution is -2.47. The Kier molecular flexibility index (Phi) is 4.90. The van der Waals surface area contributed by atoms with Crippen molar-refractivity contribution in [2.24, 2.45) is 0 Å². The van der Waals surface area contributed by atoms with Crippen molar-refractivity contribution in [1.82, 2.24) is 9.80 Å². The lowest BCUT2D eigenvalue weighted by molar-refractivity contribution is 0.0911. The SMILES string of the molecule is Cc1cc(C)c(CN2CCN(C3=CC(=O)c4ccccc4C3=O)CC2)c(C)c1. The summed E-state index contributed by atoms with van der Waals surface area (Å²) < 4.78 is 0. The van der Waals surface area contributed by atoms with Crippen LogP contribution in [0.2, 0.25) is 0 Å². The number of hydrogen-bond acceptors (Lipinski definition) is 4. The number of piperazine rings is 1. The van der Waals surface area contributed by atoms with Gasteiger partial charge in [0, 0.05) is 49.9 Å². The lowest BCUT2D eigenvalue weighted by Gasteiger charge is -2.38. The molecule has 2 aromatic carbocycles. The second kappa shape index (κ2) is 7.36. The van der Waals surface area contributed by atoms with Gasteiger partial charge in [0.2, 0.25) is 5.78 Å². The van der Waals surface area contributed by atoms with Gasteiger partial charge in [-0.05, 0) is 37.5 Å². The Morgan fingerprint density at radius 1 is 0.857 bits per heavy atom. The van der Waals surface area contributed by atoms with E-state index in [-0.39, 0.29) is 11.6 Å². The molecule has 4 heteroatoms. The molecule has 144 valence electrons. The van der Waals surface area contributed by atoms with E-state index >= 15 is 0 Å². The predicted molar refractivity (Wildman–Crippen MR) is 111 cm³/mol. The van der Waals surface area contributed by atoms with Gasteiger partial charge < -0.3 is 4.90 Å². The van der Waals surface area contributed by atoms with Crippen molar-refractivity contribution in [3.05, 3.63) is 81.6 Å². The van der Waals surface area contributed by atoms with Crippen LogP contribution in [-0.2, 0) is 6.54 Å². The third kappa shape index (κ3) is 3.40. The molecular weight excluding hydrogens is 348 g/mol. The highest BCUT2D eigenvalue weighted by atomic mass is 16.1. The lowest BCUT2D eigenvalue weighted by atomic mass is 9.92. The maximum absolute atomic E-state index is 12.9. The second-order valence-electron chi connectivity index (χ2n) is 7.91. The maximum Gasteiger partial charge on any atom is 0.209 e. The standard InChI is InChI=1S/C24H26N2O2/c1-16-12-17(2)21(18(3)13-16)15-25-8-10-26(11-9-25)22-14-23(27)19-6-4-5-7-20(19)24(22)28/h4-7,12-14H,8-11,15H2,1-3H3. The van der Waals surface area contributed by atoms with Gasteiger partial charge in [0.1, 0.15) is 0 Å². The largest absolute Gasteiger partial charge is 0.366 e. The average Bonchev–Trinajstić information content (AvgIpc) is 2.68. The molecule has 0 radical (unpaired) electrons. The molecular formula is C24H26N2O2. The molecule has 0 bridgehead atoms. The van der Waals surface area contributed by atoms with Crippen LogP contribution in [0.1, 0.15) is 43.0 Å². The molecule has 1 heterocycles. The molecule has 2 aromatic rings. The van der Waals surface area contributed by atoms with Crippen molar-refractivity contribution in [1.29, 1.82) is 0 Å². The Morgan fingerprint density at radius 3 is 2.11 bits per heavy atom. The number of benzene rings is 2. The van der Waals surface area contributed by atoms with Crippen LogP contribution in [0.15, 0.2) is 48.2 Å². The van der Waals surface area contributed by atoms with E-state index in [4.69, 9.17) is 0 Å². The first-order valence-corrected chi connectivity index (χ1v) is 9.88. The van der Waals surface area contributed by atoms with E-state index in [1.54, 1.807) is 18.2 Å². The number of allylic oxidation sites excluding steroid dienone is 2. The molecule has 0 spiro atoms. The summed E-state index contributed by atoms with van der Waals surface area (Å²) in [6.07, 6.45) is 1.52. The maximum atomic E-state index is 12.9. The number of rotatable bonds is 3. The van der Waals surface area contributed by atoms with Crippen LogP contribution in [0.25, 0.3) is 0 Å². The van der Waals surface area contributed by atoms with Crippen molar-refractivity contribution >= 4 is 11.6 Å². The first-order chi connectivity index (χ1) is 13.4. The summed E-state index contributed by atoms with van der Waals surface area (Å²) in [6.45, 7) is 10.7. The first-order valence-electron chi connectivity index (χ1n) is 9.88. The summed E-state index contributed by atoms with van der Waals surface area (Å²) in [4.78, 5) is 29.8. The Bertz CT molecular complexity index is 959. The fourth-order valence-electron chi connectivity index (χ4n) is 4.37. The number of carbonyl (C=O) groups is 2. The number of Topliss-reactive ketones (excluding diaryl/α,β-unsaturated/α-hetero) is 1. The van der Waals surface area contributed by atoms with Crippen LogP contribution in [0, 0.1) is 20.8 Å². The van der Waals surface area contributed by atoms with Gasteiger partial charge in [0.05, 0.1) is 5.70 Å². The second-order valence-corrected chi connectivity index (χ2v) is 7.91. The van der Waals surface area contributed by atoms with Crippen LogP contribution in [0.5, 0.6) is 0 Å². The Hall–Kier alpha value is -2.72. The smallest absolute Gasteiger partial charge is 0.209 e. The molecule has 0 aromatic heterocycles. The fraction of sp³-hybridized carbons (Fsp3) is 0.333. The quantitative estimate of drug-likeness (QED) is 0.822. The van der Waals surface area contributed by atoms with Crippen LogP contribution < -0.4 is 0 Å². The van der Waals surface area contributed by atoms with Crippen molar-refractivity contribution in [2.75, 3.05) is 26.2 Å². The third-order valence-corrected chi connectivity index (χ3v) is 5.87. The van der Waals surface area contributed by atoms with Gasteiger partial charge in [-0.25, -0.2) is 0 Å². The molecule has 0 N–H and O–H groups in total. The van der Waals surface area contributed by atoms with E-state index in [9.17, 15) is 9.59 Å². The minimum Gasteiger partial charge on any atom is -0.366 e. The van der Waals surface area contributed by atoms with Crippen LogP contribution in [0.3, 0.4) is 0 Å². The minimum absolute atomic E-state index is 0.0335. The van der Waals surface area contributed by atoms with Crippen molar-refractivity contribution in [3.8, 4) is 0 Å². The number of nitrogens with zero attached hydrogens (tertiary/aromatic N) is 2. The van der Waals surface area contributed by atoms with Crippen molar-refractivity contribution < 1.29 is 9.59 Å². The zero-order valence-corrected chi connectivity index (χ0v) is 16.8. The zero-order valence-electron chi connectivity index (χ0n) is 16.8. The number of carbonyl (C=O) groups excluding carboxylic acids is 2. The van der Waals surface area contributed by atoms with Crippen LogP contribution >= 0.6 is 0 Å². The number of ketones is 2. The highest BCUT2D eigenvalue weighted by molar-refractivity contribution is 6.24. The molecule has 4 rings (SSSR count). The highest BCUT2D eigenvalue weighted by Gasteiger charge is 2.30. The van der Waals surface area contributed by atoms with E-state index in [1.165, 1.54) is 28.3 Å². The zero-order chi connectivity index (χ0) is 19.8. The topological polar surface area (TPSA) is 40.6 Å². The molecule has 1 aliphatic carbocycles. The highest BCUT2D eigenvalue weighted by Crippen LogP contribution is 2.25. The predicted octanol–water partition coefficient (Wildman–Crippen LogP) is 3.69. The Morgan fingerprint density at radius 2 is 1.46 bits per heavy atom. The normalized spacial score (nSPS) is 17.5. The summed E-state index contributed by atoms with van der Waals surface area (Å²) in [5.41, 5.74) is 6.97. The fourth-order valence-corrected chi connectivity index (χ4v) is 4.37. The third-order valence-electron chi connectivity index (χ3n) is 5.87. The molecule has 0 saturated carbocycles. The molecule has 0 amide bonds. The Labute approximate surface area is 166 Å². The number of fused-ring (bicyclic) bond motifs is 1. The summed E-state index contributed by atoms with van der Waals surface area (Å²) in [7, 11) is 0. The minimum atomic E-state index is -0.0708. The molecule has 4 nitrogen and oxygen atoms in total. The van der Waals surface area contributed by atoms with Crippen molar-refractivity contribution in [2.45, 2.75) is 27.3 Å². The molecule has 0 unspecified atom stereocenters. The van der Waals surface area contributed by atoms with E-state index in [2.05, 4.69) is 42.7 Å². The van der Waals surface area contributed by atoms with E-state index in [0.717, 1.165) is 32.7 Å². The summed E-state index contributed by atoms with van der Waals surface area (Å²) >= 11 is 0. The molecule has 28 heavy (non-hydrogen) atoms. The monoisotopic (exact) mass is 374 g/mol. The Balaban J connectivity index is 1.45. The van der Waals surface area contributed by atoms with Gasteiger partial charge in [-0.2, -0.15) is 0 Å². The van der Waals surface area contributed by atoms with Gasteiger partial charge in [-0.1, -0.05) is 42.0 Å². The number of hydrogen-bond donors (Lipinski definition) is 0. The average molecular weight is 374 g/mol. The van der Waals surface area contributed by atoms with Gasteiger partial charge in [0.15, 0.2) is 5.78 Å². The van der Waals surface area contributed by atoms with Gasteiger partial charge in [0.25, 0.3) is 0 Å². The first kappa shape index (κ1) is 18.6. The van der Waals surface area contributed by atoms with Gasteiger partial charge in [-0.15, -0.1) is 0 Å². The summed E-state index contributed by atoms with van der Waals surface area (Å²) in [5.74, 6) is -0.104. The number of aryl methyl sites for hydroxylation is 3. The van der Waals surface area contributed by atoms with E-state index in [0.29, 0.717) is 16.8 Å². The van der Waals surface area contributed by atoms with Gasteiger partial charge in [-0.3, -0.25) is 14.5 Å². The molecule has 1 aliphatic heterocycles. The van der Waals surface area contributed by atoms with Gasteiger partial charge >= 0.3 is 0 Å². The molecule has 1 fully saturated rings. The molecule has 0 atom stereocenters. The van der Waals surface area contributed by atoms with Crippen LogP contribution in [0.4, 0.5) is 0 Å². The van der Waals surface area contributed by atoms with E-state index < -0.39 is 0 Å². The summed E-state index contributed by atoms with van der Waals surface area (Å²) in [5, 5.41) is 0. The van der Waals surface area contributed by atoms with Crippen molar-refractivity contribution in [3.63, 3.8) is 0 Å². The van der Waals surface area contributed by atoms with Crippen LogP contribution in [-0.4, -0.2) is 47.5 Å².